The third-order valence-electron chi connectivity index (χ3n) is 7.17. The van der Waals surface area contributed by atoms with E-state index < -0.39 is 11.7 Å². The van der Waals surface area contributed by atoms with E-state index in [-0.39, 0.29) is 12.3 Å². The zero-order valence-electron chi connectivity index (χ0n) is 26.4. The van der Waals surface area contributed by atoms with Crippen LogP contribution in [0.3, 0.4) is 0 Å². The van der Waals surface area contributed by atoms with Gasteiger partial charge in [0.25, 0.3) is 0 Å². The van der Waals surface area contributed by atoms with E-state index in [1.165, 1.54) is 11.2 Å². The fourth-order valence-electron chi connectivity index (χ4n) is 5.10. The van der Waals surface area contributed by atoms with Gasteiger partial charge in [-0.2, -0.15) is 0 Å². The van der Waals surface area contributed by atoms with Crippen LogP contribution in [0.1, 0.15) is 37.5 Å². The molecule has 0 aliphatic carbocycles. The minimum absolute atomic E-state index is 0.123. The number of aromatic nitrogens is 2. The molecule has 0 atom stereocenters. The molecule has 1 aromatic heterocycles. The summed E-state index contributed by atoms with van der Waals surface area (Å²) in [6, 6.07) is 25.6. The summed E-state index contributed by atoms with van der Waals surface area (Å²) in [6.07, 6.45) is 1.09. The lowest BCUT2D eigenvalue weighted by molar-refractivity contribution is -0.116. The van der Waals surface area contributed by atoms with Crippen LogP contribution in [-0.2, 0) is 33.8 Å². The van der Waals surface area contributed by atoms with E-state index in [4.69, 9.17) is 19.2 Å². The van der Waals surface area contributed by atoms with Crippen LogP contribution in [0.4, 0.5) is 27.8 Å². The molecule has 5 rings (SSSR count). The molecule has 45 heavy (non-hydrogen) atoms. The molecule has 0 radical (unpaired) electrons. The van der Waals surface area contributed by atoms with Crippen molar-refractivity contribution in [3.8, 4) is 5.75 Å². The predicted octanol–water partition coefficient (Wildman–Crippen LogP) is 6.30. The molecule has 2 heterocycles. The Balaban J connectivity index is 1.54. The molecule has 234 valence electrons. The normalized spacial score (nSPS) is 12.6. The molecule has 3 aromatic carbocycles. The van der Waals surface area contributed by atoms with Gasteiger partial charge in [-0.3, -0.25) is 14.6 Å². The van der Waals surface area contributed by atoms with Crippen LogP contribution in [-0.4, -0.2) is 54.9 Å². The summed E-state index contributed by atoms with van der Waals surface area (Å²) in [5.74, 6) is 1.50. The largest absolute Gasteiger partial charge is 0.491 e. The summed E-state index contributed by atoms with van der Waals surface area (Å²) in [7, 11) is 3.22. The number of benzene rings is 3. The van der Waals surface area contributed by atoms with Crippen molar-refractivity contribution < 1.29 is 23.8 Å². The SMILES string of the molecule is COCCOc1cc(N(C)C(=O)OC(C)(C)C)cc(N2C(=O)Cc3c(N(Cc4ccccc4)Cc4ccccc4)ncnc32)c1. The second kappa shape index (κ2) is 13.8. The number of amides is 2. The van der Waals surface area contributed by atoms with Crippen LogP contribution < -0.4 is 19.4 Å². The molecule has 0 bridgehead atoms. The van der Waals surface area contributed by atoms with E-state index in [0.717, 1.165) is 16.7 Å². The van der Waals surface area contributed by atoms with Gasteiger partial charge in [0.2, 0.25) is 5.91 Å². The number of methoxy groups -OCH3 is 1. The second-order valence-corrected chi connectivity index (χ2v) is 11.8. The van der Waals surface area contributed by atoms with Gasteiger partial charge < -0.3 is 19.1 Å². The summed E-state index contributed by atoms with van der Waals surface area (Å²) >= 11 is 0. The van der Waals surface area contributed by atoms with E-state index >= 15 is 0 Å². The number of carbonyl (C=O) groups is 2. The van der Waals surface area contributed by atoms with Crippen molar-refractivity contribution in [1.29, 1.82) is 0 Å². The zero-order chi connectivity index (χ0) is 32.0. The zero-order valence-corrected chi connectivity index (χ0v) is 26.4. The topological polar surface area (TPSA) is 97.3 Å². The van der Waals surface area contributed by atoms with E-state index in [1.54, 1.807) is 37.3 Å². The number of rotatable bonds is 11. The van der Waals surface area contributed by atoms with Crippen molar-refractivity contribution in [2.24, 2.45) is 0 Å². The van der Waals surface area contributed by atoms with Crippen molar-refractivity contribution in [3.63, 3.8) is 0 Å². The maximum Gasteiger partial charge on any atom is 0.414 e. The van der Waals surface area contributed by atoms with E-state index in [0.29, 0.717) is 55.1 Å². The molecule has 0 unspecified atom stereocenters. The smallest absolute Gasteiger partial charge is 0.414 e. The van der Waals surface area contributed by atoms with Gasteiger partial charge in [0.05, 0.1) is 24.4 Å². The molecule has 1 aliphatic heterocycles. The van der Waals surface area contributed by atoms with Crippen molar-refractivity contribution in [1.82, 2.24) is 9.97 Å². The minimum atomic E-state index is -0.677. The summed E-state index contributed by atoms with van der Waals surface area (Å²) in [5.41, 5.74) is 3.32. The van der Waals surface area contributed by atoms with Crippen LogP contribution >= 0.6 is 0 Å². The maximum atomic E-state index is 13.8. The Morgan fingerprint density at radius 3 is 2.16 bits per heavy atom. The third-order valence-corrected chi connectivity index (χ3v) is 7.17. The lowest BCUT2D eigenvalue weighted by Crippen LogP contribution is -2.34. The van der Waals surface area contributed by atoms with Gasteiger partial charge >= 0.3 is 6.09 Å². The highest BCUT2D eigenvalue weighted by Gasteiger charge is 2.35. The number of nitrogens with zero attached hydrogens (tertiary/aromatic N) is 5. The molecule has 1 aliphatic rings. The van der Waals surface area contributed by atoms with Gasteiger partial charge in [0.1, 0.15) is 35.9 Å². The summed E-state index contributed by atoms with van der Waals surface area (Å²) in [4.78, 5) is 41.2. The number of carbonyl (C=O) groups excluding carboxylic acids is 2. The fourth-order valence-corrected chi connectivity index (χ4v) is 5.10. The first-order valence-electron chi connectivity index (χ1n) is 14.9. The Morgan fingerprint density at radius 2 is 1.56 bits per heavy atom. The van der Waals surface area contributed by atoms with Crippen LogP contribution in [0.5, 0.6) is 5.75 Å². The van der Waals surface area contributed by atoms with Crippen LogP contribution in [0.15, 0.2) is 85.2 Å². The molecule has 0 spiro atoms. The van der Waals surface area contributed by atoms with Crippen LogP contribution in [0.2, 0.25) is 0 Å². The quantitative estimate of drug-likeness (QED) is 0.183. The van der Waals surface area contributed by atoms with Gasteiger partial charge in [-0.15, -0.1) is 0 Å². The highest BCUT2D eigenvalue weighted by Crippen LogP contribution is 2.41. The van der Waals surface area contributed by atoms with Gasteiger partial charge in [0.15, 0.2) is 0 Å². The molecule has 10 heteroatoms. The number of ether oxygens (including phenoxy) is 3. The van der Waals surface area contributed by atoms with E-state index in [2.05, 4.69) is 34.1 Å². The molecular weight excluding hydrogens is 570 g/mol. The van der Waals surface area contributed by atoms with Gasteiger partial charge in [0, 0.05) is 44.9 Å². The van der Waals surface area contributed by atoms with E-state index in [9.17, 15) is 9.59 Å². The summed E-state index contributed by atoms with van der Waals surface area (Å²) < 4.78 is 16.7. The van der Waals surface area contributed by atoms with Gasteiger partial charge in [-0.1, -0.05) is 60.7 Å². The van der Waals surface area contributed by atoms with E-state index in [1.807, 2.05) is 57.2 Å². The number of hydrogen-bond acceptors (Lipinski definition) is 8. The van der Waals surface area contributed by atoms with Gasteiger partial charge in [-0.25, -0.2) is 14.8 Å². The molecule has 10 nitrogen and oxygen atoms in total. The molecule has 4 aromatic rings. The van der Waals surface area contributed by atoms with Gasteiger partial charge in [-0.05, 0) is 38.0 Å². The first-order valence-corrected chi connectivity index (χ1v) is 14.9. The lowest BCUT2D eigenvalue weighted by Gasteiger charge is -2.27. The standard InChI is InChI=1S/C35H39N5O5/c1-35(2,3)45-34(42)38(4)27-18-28(20-29(19-27)44-17-16-43-5)40-31(41)21-30-32(36-24-37-33(30)40)39(22-25-12-8-6-9-13-25)23-26-14-10-7-11-15-26/h6-15,18-20,24H,16-17,21-23H2,1-5H3. The van der Waals surface area contributed by atoms with Crippen molar-refractivity contribution in [2.75, 3.05) is 42.1 Å². The monoisotopic (exact) mass is 609 g/mol. The molecule has 2 amide bonds. The summed E-state index contributed by atoms with van der Waals surface area (Å²) in [6.45, 7) is 7.30. The average molecular weight is 610 g/mol. The first-order chi connectivity index (χ1) is 21.6. The molecule has 0 fully saturated rings. The number of fused-ring (bicyclic) bond motifs is 1. The first kappa shape index (κ1) is 31.5. The predicted molar refractivity (Wildman–Crippen MR) is 174 cm³/mol. The average Bonchev–Trinajstić information content (AvgIpc) is 3.36. The van der Waals surface area contributed by atoms with Crippen molar-refractivity contribution in [3.05, 3.63) is 102 Å². The van der Waals surface area contributed by atoms with Crippen molar-refractivity contribution in [2.45, 2.75) is 45.9 Å². The number of anilines is 4. The molecular formula is C35H39N5O5. The highest BCUT2D eigenvalue weighted by molar-refractivity contribution is 6.08. The fraction of sp³-hybridized carbons (Fsp3) is 0.314. The van der Waals surface area contributed by atoms with Crippen LogP contribution in [0.25, 0.3) is 0 Å². The Bertz CT molecular complexity index is 1580. The number of hydrogen-bond donors (Lipinski definition) is 0. The second-order valence-electron chi connectivity index (χ2n) is 11.8. The molecule has 0 saturated carbocycles. The van der Waals surface area contributed by atoms with Crippen LogP contribution in [0, 0.1) is 0 Å². The lowest BCUT2D eigenvalue weighted by atomic mass is 10.1. The van der Waals surface area contributed by atoms with Crippen molar-refractivity contribution >= 4 is 35.0 Å². The Labute approximate surface area is 264 Å². The molecule has 0 N–H and O–H groups in total. The minimum Gasteiger partial charge on any atom is -0.491 e. The Kier molecular flexibility index (Phi) is 9.63. The maximum absolute atomic E-state index is 13.8. The highest BCUT2D eigenvalue weighted by atomic mass is 16.6. The Hall–Kier alpha value is -4.96. The third kappa shape index (κ3) is 7.77. The Morgan fingerprint density at radius 1 is 0.911 bits per heavy atom. The summed E-state index contributed by atoms with van der Waals surface area (Å²) in [5, 5.41) is 0. The molecule has 0 saturated heterocycles.